The highest BCUT2D eigenvalue weighted by Gasteiger charge is 2.33. The van der Waals surface area contributed by atoms with Crippen molar-refractivity contribution in [2.24, 2.45) is 5.92 Å². The first-order valence-electron chi connectivity index (χ1n) is 4.85. The molecular formula is C10H19ClO. The van der Waals surface area contributed by atoms with E-state index in [1.165, 1.54) is 0 Å². The fourth-order valence-electron chi connectivity index (χ4n) is 1.81. The number of halogens is 1. The van der Waals surface area contributed by atoms with Crippen molar-refractivity contribution in [1.29, 1.82) is 0 Å². The highest BCUT2D eigenvalue weighted by atomic mass is 35.5. The standard InChI is InChI=1S/C10H19ClO/c1-4-10(3)7-9(8(2)11)5-6-12-10/h8-9H,4-7H2,1-3H3. The summed E-state index contributed by atoms with van der Waals surface area (Å²) in [7, 11) is 0. The average molecular weight is 191 g/mol. The quantitative estimate of drug-likeness (QED) is 0.608. The van der Waals surface area contributed by atoms with Crippen LogP contribution >= 0.6 is 11.6 Å². The van der Waals surface area contributed by atoms with Crippen molar-refractivity contribution < 1.29 is 4.74 Å². The highest BCUT2D eigenvalue weighted by Crippen LogP contribution is 2.34. The van der Waals surface area contributed by atoms with Crippen LogP contribution in [0.25, 0.3) is 0 Å². The van der Waals surface area contributed by atoms with E-state index in [0.717, 1.165) is 25.9 Å². The minimum absolute atomic E-state index is 0.0894. The molecule has 0 saturated carbocycles. The lowest BCUT2D eigenvalue weighted by Gasteiger charge is -2.38. The molecule has 0 aromatic heterocycles. The van der Waals surface area contributed by atoms with Gasteiger partial charge in [0.2, 0.25) is 0 Å². The van der Waals surface area contributed by atoms with Gasteiger partial charge in [-0.2, -0.15) is 0 Å². The third kappa shape index (κ3) is 2.37. The normalized spacial score (nSPS) is 39.5. The molecule has 1 heterocycles. The van der Waals surface area contributed by atoms with Crippen LogP contribution in [0.5, 0.6) is 0 Å². The van der Waals surface area contributed by atoms with Gasteiger partial charge in [0, 0.05) is 12.0 Å². The maximum atomic E-state index is 6.09. The molecule has 3 unspecified atom stereocenters. The molecule has 0 N–H and O–H groups in total. The van der Waals surface area contributed by atoms with E-state index in [1.54, 1.807) is 0 Å². The van der Waals surface area contributed by atoms with Crippen molar-refractivity contribution in [1.82, 2.24) is 0 Å². The summed E-state index contributed by atoms with van der Waals surface area (Å²) in [5, 5.41) is 0.291. The van der Waals surface area contributed by atoms with Crippen molar-refractivity contribution in [3.8, 4) is 0 Å². The van der Waals surface area contributed by atoms with Crippen LogP contribution in [0.15, 0.2) is 0 Å². The van der Waals surface area contributed by atoms with E-state index in [2.05, 4.69) is 20.8 Å². The van der Waals surface area contributed by atoms with E-state index < -0.39 is 0 Å². The zero-order chi connectivity index (χ0) is 9.19. The lowest BCUT2D eigenvalue weighted by atomic mass is 9.84. The Labute approximate surface area is 80.4 Å². The topological polar surface area (TPSA) is 9.23 Å². The number of ether oxygens (including phenoxy) is 1. The second kappa shape index (κ2) is 3.97. The van der Waals surface area contributed by atoms with Crippen LogP contribution in [-0.4, -0.2) is 17.6 Å². The van der Waals surface area contributed by atoms with Gasteiger partial charge in [-0.1, -0.05) is 6.92 Å². The molecule has 0 aromatic rings. The van der Waals surface area contributed by atoms with Crippen LogP contribution in [0.4, 0.5) is 0 Å². The van der Waals surface area contributed by atoms with Crippen LogP contribution in [-0.2, 0) is 4.74 Å². The first-order chi connectivity index (χ1) is 5.57. The molecular weight excluding hydrogens is 172 g/mol. The Balaban J connectivity index is 2.51. The molecule has 0 aliphatic carbocycles. The molecule has 0 aromatic carbocycles. The second-order valence-corrected chi connectivity index (χ2v) is 4.77. The zero-order valence-corrected chi connectivity index (χ0v) is 9.03. The summed E-state index contributed by atoms with van der Waals surface area (Å²) in [6, 6.07) is 0. The summed E-state index contributed by atoms with van der Waals surface area (Å²) in [5.41, 5.74) is 0.0894. The van der Waals surface area contributed by atoms with Crippen LogP contribution in [0.2, 0.25) is 0 Å². The molecule has 0 bridgehead atoms. The Hall–Kier alpha value is 0.250. The van der Waals surface area contributed by atoms with Crippen LogP contribution in [0.3, 0.4) is 0 Å². The van der Waals surface area contributed by atoms with Crippen molar-refractivity contribution in [3.63, 3.8) is 0 Å². The van der Waals surface area contributed by atoms with Crippen molar-refractivity contribution in [2.45, 2.75) is 51.0 Å². The van der Waals surface area contributed by atoms with Gasteiger partial charge >= 0.3 is 0 Å². The zero-order valence-electron chi connectivity index (χ0n) is 8.27. The van der Waals surface area contributed by atoms with Gasteiger partial charge in [-0.05, 0) is 39.0 Å². The second-order valence-electron chi connectivity index (χ2n) is 4.08. The molecule has 1 rings (SSSR count). The third-order valence-electron chi connectivity index (χ3n) is 3.03. The largest absolute Gasteiger partial charge is 0.375 e. The molecule has 72 valence electrons. The molecule has 1 saturated heterocycles. The van der Waals surface area contributed by atoms with E-state index in [0.29, 0.717) is 11.3 Å². The molecule has 1 aliphatic rings. The lowest BCUT2D eigenvalue weighted by Crippen LogP contribution is -2.38. The average Bonchev–Trinajstić information content (AvgIpc) is 2.05. The molecule has 1 aliphatic heterocycles. The number of rotatable bonds is 2. The smallest absolute Gasteiger partial charge is 0.0655 e. The molecule has 2 heteroatoms. The molecule has 0 radical (unpaired) electrons. The van der Waals surface area contributed by atoms with Gasteiger partial charge in [-0.25, -0.2) is 0 Å². The molecule has 0 spiro atoms. The molecule has 12 heavy (non-hydrogen) atoms. The van der Waals surface area contributed by atoms with Crippen LogP contribution < -0.4 is 0 Å². The van der Waals surface area contributed by atoms with Gasteiger partial charge in [-0.15, -0.1) is 11.6 Å². The van der Waals surface area contributed by atoms with Crippen molar-refractivity contribution in [3.05, 3.63) is 0 Å². The Morgan fingerprint density at radius 1 is 1.67 bits per heavy atom. The van der Waals surface area contributed by atoms with Crippen LogP contribution in [0.1, 0.15) is 40.0 Å². The van der Waals surface area contributed by atoms with E-state index in [-0.39, 0.29) is 5.60 Å². The number of hydrogen-bond donors (Lipinski definition) is 0. The van der Waals surface area contributed by atoms with Gasteiger partial charge in [-0.3, -0.25) is 0 Å². The van der Waals surface area contributed by atoms with Crippen LogP contribution in [0, 0.1) is 5.92 Å². The summed E-state index contributed by atoms with van der Waals surface area (Å²) < 4.78 is 5.74. The summed E-state index contributed by atoms with van der Waals surface area (Å²) in [5.74, 6) is 0.644. The number of alkyl halides is 1. The maximum absolute atomic E-state index is 6.09. The SMILES string of the molecule is CCC1(C)CC(C(C)Cl)CCO1. The Morgan fingerprint density at radius 2 is 2.33 bits per heavy atom. The van der Waals surface area contributed by atoms with Crippen molar-refractivity contribution >= 4 is 11.6 Å². The summed E-state index contributed by atoms with van der Waals surface area (Å²) >= 11 is 6.09. The van der Waals surface area contributed by atoms with Gasteiger partial charge < -0.3 is 4.74 Å². The van der Waals surface area contributed by atoms with Crippen molar-refractivity contribution in [2.75, 3.05) is 6.61 Å². The maximum Gasteiger partial charge on any atom is 0.0655 e. The summed E-state index contributed by atoms with van der Waals surface area (Å²) in [6.07, 6.45) is 3.33. The Kier molecular flexibility index (Phi) is 3.42. The minimum atomic E-state index is 0.0894. The molecule has 0 amide bonds. The molecule has 3 atom stereocenters. The predicted molar refractivity (Wildman–Crippen MR) is 52.7 cm³/mol. The lowest BCUT2D eigenvalue weighted by molar-refractivity contribution is -0.0868. The van der Waals surface area contributed by atoms with Gasteiger partial charge in [0.1, 0.15) is 0 Å². The first kappa shape index (κ1) is 10.3. The third-order valence-corrected chi connectivity index (χ3v) is 3.39. The Bertz CT molecular complexity index is 147. The summed E-state index contributed by atoms with van der Waals surface area (Å²) in [4.78, 5) is 0. The highest BCUT2D eigenvalue weighted by molar-refractivity contribution is 6.20. The van der Waals surface area contributed by atoms with Gasteiger partial charge in [0.05, 0.1) is 5.60 Å². The van der Waals surface area contributed by atoms with E-state index >= 15 is 0 Å². The molecule has 1 nitrogen and oxygen atoms in total. The van der Waals surface area contributed by atoms with E-state index in [4.69, 9.17) is 16.3 Å². The fraction of sp³-hybridized carbons (Fsp3) is 1.00. The minimum Gasteiger partial charge on any atom is -0.375 e. The van der Waals surface area contributed by atoms with Gasteiger partial charge in [0.15, 0.2) is 0 Å². The Morgan fingerprint density at radius 3 is 2.83 bits per heavy atom. The fourth-order valence-corrected chi connectivity index (χ4v) is 2.03. The monoisotopic (exact) mass is 190 g/mol. The van der Waals surface area contributed by atoms with Gasteiger partial charge in [0.25, 0.3) is 0 Å². The molecule has 1 fully saturated rings. The van der Waals surface area contributed by atoms with E-state index in [9.17, 15) is 0 Å². The predicted octanol–water partition coefficient (Wildman–Crippen LogP) is 3.21. The summed E-state index contributed by atoms with van der Waals surface area (Å²) in [6.45, 7) is 7.35. The first-order valence-corrected chi connectivity index (χ1v) is 5.29. The van der Waals surface area contributed by atoms with E-state index in [1.807, 2.05) is 0 Å². The number of hydrogen-bond acceptors (Lipinski definition) is 1.